The van der Waals surface area contributed by atoms with Crippen molar-refractivity contribution >= 4 is 11.8 Å². The molecule has 0 aliphatic carbocycles. The lowest BCUT2D eigenvalue weighted by atomic mass is 10.1. The highest BCUT2D eigenvalue weighted by Crippen LogP contribution is 2.09. The summed E-state index contributed by atoms with van der Waals surface area (Å²) in [6.45, 7) is 2.14. The first-order chi connectivity index (χ1) is 9.63. The Labute approximate surface area is 119 Å². The lowest BCUT2D eigenvalue weighted by molar-refractivity contribution is -0.122. The van der Waals surface area contributed by atoms with Gasteiger partial charge in [-0.05, 0) is 30.7 Å². The second-order valence-electron chi connectivity index (χ2n) is 4.71. The van der Waals surface area contributed by atoms with Crippen molar-refractivity contribution in [2.24, 2.45) is 0 Å². The monoisotopic (exact) mass is 278 g/mol. The minimum Gasteiger partial charge on any atom is -0.508 e. The van der Waals surface area contributed by atoms with Crippen LogP contribution in [0.25, 0.3) is 0 Å². The number of hydrazine groups is 1. The third-order valence-corrected chi connectivity index (χ3v) is 2.95. The largest absolute Gasteiger partial charge is 0.508 e. The van der Waals surface area contributed by atoms with Crippen LogP contribution in [-0.4, -0.2) is 16.9 Å². The molecule has 0 saturated carbocycles. The summed E-state index contributed by atoms with van der Waals surface area (Å²) in [5.41, 5.74) is 5.12. The molecule has 0 unspecified atom stereocenters. The number of hydrogen-bond donors (Lipinski definition) is 3. The smallest absolute Gasteiger partial charge is 0.269 e. The van der Waals surface area contributed by atoms with E-state index in [2.05, 4.69) is 17.8 Å². The van der Waals surface area contributed by atoms with Crippen LogP contribution in [0.3, 0.4) is 0 Å². The number of unbranched alkanes of at least 4 members (excludes halogenated alkanes) is 4. The summed E-state index contributed by atoms with van der Waals surface area (Å²) in [5.74, 6) is -0.490. The average Bonchev–Trinajstić information content (AvgIpc) is 2.45. The van der Waals surface area contributed by atoms with Gasteiger partial charge in [-0.2, -0.15) is 0 Å². The highest BCUT2D eigenvalue weighted by Gasteiger charge is 2.06. The number of rotatable bonds is 7. The van der Waals surface area contributed by atoms with Crippen LogP contribution < -0.4 is 10.9 Å². The van der Waals surface area contributed by atoms with E-state index in [0.717, 1.165) is 19.3 Å². The molecule has 0 bridgehead atoms. The number of amides is 2. The fourth-order valence-electron chi connectivity index (χ4n) is 1.76. The van der Waals surface area contributed by atoms with Crippen molar-refractivity contribution in [3.63, 3.8) is 0 Å². The molecule has 2 amide bonds. The predicted octanol–water partition coefficient (Wildman–Crippen LogP) is 2.51. The SMILES string of the molecule is CCCCCCCC(=O)NNC(=O)c1ccc(O)cc1. The molecule has 1 aromatic carbocycles. The van der Waals surface area contributed by atoms with Gasteiger partial charge in [0.05, 0.1) is 0 Å². The minimum absolute atomic E-state index is 0.0951. The van der Waals surface area contributed by atoms with Gasteiger partial charge in [0.2, 0.25) is 5.91 Å². The van der Waals surface area contributed by atoms with Gasteiger partial charge in [0.15, 0.2) is 0 Å². The van der Waals surface area contributed by atoms with Crippen LogP contribution in [0.4, 0.5) is 0 Å². The molecule has 1 rings (SSSR count). The van der Waals surface area contributed by atoms with Crippen molar-refractivity contribution in [1.29, 1.82) is 0 Å². The summed E-state index contributed by atoms with van der Waals surface area (Å²) < 4.78 is 0. The van der Waals surface area contributed by atoms with E-state index in [-0.39, 0.29) is 11.7 Å². The molecule has 0 heterocycles. The summed E-state index contributed by atoms with van der Waals surface area (Å²) in [4.78, 5) is 23.2. The normalized spacial score (nSPS) is 10.1. The van der Waals surface area contributed by atoms with Crippen LogP contribution in [0.1, 0.15) is 55.8 Å². The number of nitrogens with one attached hydrogen (secondary N) is 2. The van der Waals surface area contributed by atoms with Crippen molar-refractivity contribution in [2.45, 2.75) is 45.4 Å². The minimum atomic E-state index is -0.399. The predicted molar refractivity (Wildman–Crippen MR) is 77.1 cm³/mol. The van der Waals surface area contributed by atoms with Crippen LogP contribution in [0.2, 0.25) is 0 Å². The molecule has 3 N–H and O–H groups in total. The summed E-state index contributed by atoms with van der Waals surface area (Å²) in [5, 5.41) is 9.11. The Bertz CT molecular complexity index is 429. The zero-order valence-corrected chi connectivity index (χ0v) is 11.8. The van der Waals surface area contributed by atoms with E-state index in [1.165, 1.54) is 37.1 Å². The summed E-state index contributed by atoms with van der Waals surface area (Å²) >= 11 is 0. The maximum atomic E-state index is 11.7. The molecule has 20 heavy (non-hydrogen) atoms. The molecule has 0 aliphatic heterocycles. The van der Waals surface area contributed by atoms with E-state index in [4.69, 9.17) is 5.11 Å². The Morgan fingerprint density at radius 1 is 1.00 bits per heavy atom. The number of phenols is 1. The van der Waals surface area contributed by atoms with Gasteiger partial charge in [0.1, 0.15) is 5.75 Å². The Morgan fingerprint density at radius 3 is 2.30 bits per heavy atom. The lowest BCUT2D eigenvalue weighted by Crippen LogP contribution is -2.41. The van der Waals surface area contributed by atoms with Gasteiger partial charge in [-0.3, -0.25) is 20.4 Å². The van der Waals surface area contributed by atoms with Gasteiger partial charge in [-0.25, -0.2) is 0 Å². The quantitative estimate of drug-likeness (QED) is 0.529. The van der Waals surface area contributed by atoms with Gasteiger partial charge < -0.3 is 5.11 Å². The molecular formula is C15H22N2O3. The number of aromatic hydroxyl groups is 1. The van der Waals surface area contributed by atoms with E-state index >= 15 is 0 Å². The molecule has 0 saturated heterocycles. The van der Waals surface area contributed by atoms with Crippen LogP contribution >= 0.6 is 0 Å². The third-order valence-electron chi connectivity index (χ3n) is 2.95. The van der Waals surface area contributed by atoms with Crippen molar-refractivity contribution in [3.8, 4) is 5.75 Å². The zero-order valence-electron chi connectivity index (χ0n) is 11.8. The topological polar surface area (TPSA) is 78.4 Å². The highest BCUT2D eigenvalue weighted by atomic mass is 16.3. The van der Waals surface area contributed by atoms with E-state index in [0.29, 0.717) is 12.0 Å². The fourth-order valence-corrected chi connectivity index (χ4v) is 1.76. The Kier molecular flexibility index (Phi) is 7.17. The first-order valence-corrected chi connectivity index (χ1v) is 7.01. The molecule has 0 radical (unpaired) electrons. The molecule has 110 valence electrons. The Balaban J connectivity index is 2.20. The van der Waals surface area contributed by atoms with Crippen LogP contribution in [0.5, 0.6) is 5.75 Å². The maximum absolute atomic E-state index is 11.7. The van der Waals surface area contributed by atoms with Crippen molar-refractivity contribution in [3.05, 3.63) is 29.8 Å². The Hall–Kier alpha value is -2.04. The fraction of sp³-hybridized carbons (Fsp3) is 0.467. The third kappa shape index (κ3) is 6.22. The van der Waals surface area contributed by atoms with E-state index in [1.54, 1.807) is 0 Å². The molecule has 0 fully saturated rings. The number of carbonyl (C=O) groups excluding carboxylic acids is 2. The first-order valence-electron chi connectivity index (χ1n) is 7.01. The number of hydrogen-bond acceptors (Lipinski definition) is 3. The first kappa shape index (κ1) is 16.0. The van der Waals surface area contributed by atoms with Crippen molar-refractivity contribution in [2.75, 3.05) is 0 Å². The second-order valence-corrected chi connectivity index (χ2v) is 4.71. The van der Waals surface area contributed by atoms with Gasteiger partial charge >= 0.3 is 0 Å². The van der Waals surface area contributed by atoms with Gasteiger partial charge in [0, 0.05) is 12.0 Å². The van der Waals surface area contributed by atoms with Gasteiger partial charge in [-0.1, -0.05) is 32.6 Å². The molecule has 5 nitrogen and oxygen atoms in total. The standard InChI is InChI=1S/C15H22N2O3/c1-2-3-4-5-6-7-14(19)16-17-15(20)12-8-10-13(18)11-9-12/h8-11,18H,2-7H2,1H3,(H,16,19)(H,17,20). The molecule has 5 heteroatoms. The van der Waals surface area contributed by atoms with Gasteiger partial charge in [-0.15, -0.1) is 0 Å². The van der Waals surface area contributed by atoms with Crippen molar-refractivity contribution < 1.29 is 14.7 Å². The number of carbonyl (C=O) groups is 2. The maximum Gasteiger partial charge on any atom is 0.269 e. The van der Waals surface area contributed by atoms with E-state index in [1.807, 2.05) is 0 Å². The number of benzene rings is 1. The highest BCUT2D eigenvalue weighted by molar-refractivity contribution is 5.95. The summed E-state index contributed by atoms with van der Waals surface area (Å²) in [6, 6.07) is 5.82. The molecule has 0 aromatic heterocycles. The van der Waals surface area contributed by atoms with Crippen LogP contribution in [0.15, 0.2) is 24.3 Å². The van der Waals surface area contributed by atoms with Gasteiger partial charge in [0.25, 0.3) is 5.91 Å². The summed E-state index contributed by atoms with van der Waals surface area (Å²) in [6.07, 6.45) is 5.80. The molecule has 0 aliphatic rings. The summed E-state index contributed by atoms with van der Waals surface area (Å²) in [7, 11) is 0. The zero-order chi connectivity index (χ0) is 14.8. The molecular weight excluding hydrogens is 256 g/mol. The number of phenolic OH excluding ortho intramolecular Hbond substituents is 1. The molecule has 0 atom stereocenters. The molecule has 0 spiro atoms. The Morgan fingerprint density at radius 2 is 1.65 bits per heavy atom. The van der Waals surface area contributed by atoms with E-state index < -0.39 is 5.91 Å². The lowest BCUT2D eigenvalue weighted by Gasteiger charge is -2.07. The van der Waals surface area contributed by atoms with E-state index in [9.17, 15) is 9.59 Å². The van der Waals surface area contributed by atoms with Crippen LogP contribution in [-0.2, 0) is 4.79 Å². The van der Waals surface area contributed by atoms with Crippen molar-refractivity contribution in [1.82, 2.24) is 10.9 Å². The van der Waals surface area contributed by atoms with Crippen LogP contribution in [0, 0.1) is 0 Å². The molecule has 1 aromatic rings. The second kappa shape index (κ2) is 8.96. The average molecular weight is 278 g/mol.